The minimum atomic E-state index is -3.62. The van der Waals surface area contributed by atoms with Crippen molar-refractivity contribution in [3.05, 3.63) is 41.2 Å². The minimum absolute atomic E-state index is 0.134. The number of methoxy groups -OCH3 is 2. The zero-order valence-electron chi connectivity index (χ0n) is 13.1. The Labute approximate surface area is 130 Å². The molecule has 1 heterocycles. The van der Waals surface area contributed by atoms with Gasteiger partial charge in [-0.25, -0.2) is 13.1 Å². The fourth-order valence-electron chi connectivity index (χ4n) is 2.21. The molecule has 120 valence electrons. The van der Waals surface area contributed by atoms with Gasteiger partial charge >= 0.3 is 0 Å². The van der Waals surface area contributed by atoms with Gasteiger partial charge in [0.2, 0.25) is 10.0 Å². The molecule has 0 fully saturated rings. The van der Waals surface area contributed by atoms with Crippen molar-refractivity contribution in [3.63, 3.8) is 0 Å². The number of aromatic nitrogens is 1. The van der Waals surface area contributed by atoms with E-state index < -0.39 is 10.0 Å². The molecule has 2 aromatic rings. The molecule has 6 nitrogen and oxygen atoms in total. The van der Waals surface area contributed by atoms with E-state index in [0.29, 0.717) is 11.5 Å². The van der Waals surface area contributed by atoms with Crippen LogP contribution in [-0.2, 0) is 16.6 Å². The van der Waals surface area contributed by atoms with Crippen LogP contribution in [0.25, 0.3) is 0 Å². The first-order valence-corrected chi connectivity index (χ1v) is 8.22. The molecule has 1 aromatic carbocycles. The summed E-state index contributed by atoms with van der Waals surface area (Å²) < 4.78 is 37.6. The Balaban J connectivity index is 2.21. The number of hydrogen-bond donors (Lipinski definition) is 2. The largest absolute Gasteiger partial charge is 0.493 e. The van der Waals surface area contributed by atoms with Crippen molar-refractivity contribution >= 4 is 10.0 Å². The molecule has 0 unspecified atom stereocenters. The van der Waals surface area contributed by atoms with Crippen LogP contribution in [0, 0.1) is 13.8 Å². The highest BCUT2D eigenvalue weighted by atomic mass is 32.2. The summed E-state index contributed by atoms with van der Waals surface area (Å²) in [5.74, 6) is 0.859. The van der Waals surface area contributed by atoms with Gasteiger partial charge in [0, 0.05) is 24.0 Å². The normalized spacial score (nSPS) is 11.5. The number of hydrogen-bond acceptors (Lipinski definition) is 4. The summed E-state index contributed by atoms with van der Waals surface area (Å²) in [7, 11) is -0.656. The van der Waals surface area contributed by atoms with Gasteiger partial charge in [-0.15, -0.1) is 0 Å². The molecule has 0 saturated carbocycles. The maximum atomic E-state index is 12.4. The summed E-state index contributed by atoms with van der Waals surface area (Å²) in [6.45, 7) is 4.07. The summed E-state index contributed by atoms with van der Waals surface area (Å²) in [4.78, 5) is 3.28. The van der Waals surface area contributed by atoms with Gasteiger partial charge in [0.05, 0.1) is 19.1 Å². The van der Waals surface area contributed by atoms with E-state index in [9.17, 15) is 8.42 Å². The third-order valence-electron chi connectivity index (χ3n) is 3.38. The molecule has 2 rings (SSSR count). The van der Waals surface area contributed by atoms with Gasteiger partial charge in [0.1, 0.15) is 0 Å². The molecule has 0 radical (unpaired) electrons. The van der Waals surface area contributed by atoms with E-state index in [1.165, 1.54) is 26.4 Å². The van der Waals surface area contributed by atoms with Crippen molar-refractivity contribution in [3.8, 4) is 11.5 Å². The van der Waals surface area contributed by atoms with Crippen molar-refractivity contribution in [2.75, 3.05) is 14.2 Å². The number of aryl methyl sites for hydroxylation is 2. The van der Waals surface area contributed by atoms with Gasteiger partial charge in [-0.2, -0.15) is 0 Å². The molecule has 0 aliphatic rings. The second-order valence-electron chi connectivity index (χ2n) is 4.94. The Morgan fingerprint density at radius 1 is 1.09 bits per heavy atom. The summed E-state index contributed by atoms with van der Waals surface area (Å²) >= 11 is 0. The first-order chi connectivity index (χ1) is 10.4. The van der Waals surface area contributed by atoms with Gasteiger partial charge in [0.15, 0.2) is 11.5 Å². The van der Waals surface area contributed by atoms with Crippen molar-refractivity contribution in [2.45, 2.75) is 25.3 Å². The standard InChI is InChI=1S/C15H20N2O4S/c1-10-7-12(11(2)17-10)9-16-22(18,19)13-5-6-14(20-3)15(8-13)21-4/h5-8,16-17H,9H2,1-4H3. The fraction of sp³-hybridized carbons (Fsp3) is 0.333. The molecule has 22 heavy (non-hydrogen) atoms. The zero-order valence-corrected chi connectivity index (χ0v) is 13.9. The van der Waals surface area contributed by atoms with Crippen molar-refractivity contribution < 1.29 is 17.9 Å². The van der Waals surface area contributed by atoms with Gasteiger partial charge < -0.3 is 14.5 Å². The second-order valence-corrected chi connectivity index (χ2v) is 6.71. The van der Waals surface area contributed by atoms with Crippen LogP contribution < -0.4 is 14.2 Å². The molecule has 0 bridgehead atoms. The molecule has 2 N–H and O–H groups in total. The first kappa shape index (κ1) is 16.4. The SMILES string of the molecule is COc1ccc(S(=O)(=O)NCc2cc(C)[nH]c2C)cc1OC. The van der Waals surface area contributed by atoms with E-state index in [4.69, 9.17) is 9.47 Å². The third-order valence-corrected chi connectivity index (χ3v) is 4.77. The lowest BCUT2D eigenvalue weighted by Gasteiger charge is -2.11. The van der Waals surface area contributed by atoms with E-state index in [1.54, 1.807) is 6.07 Å². The number of sulfonamides is 1. The summed E-state index contributed by atoms with van der Waals surface area (Å²) in [6.07, 6.45) is 0. The van der Waals surface area contributed by atoms with Crippen molar-refractivity contribution in [1.29, 1.82) is 0 Å². The van der Waals surface area contributed by atoms with E-state index in [0.717, 1.165) is 17.0 Å². The van der Waals surface area contributed by atoms with Crippen LogP contribution in [0.3, 0.4) is 0 Å². The number of benzene rings is 1. The molecule has 0 aliphatic carbocycles. The van der Waals surface area contributed by atoms with Gasteiger partial charge in [-0.05, 0) is 37.6 Å². The molecule has 0 saturated heterocycles. The first-order valence-electron chi connectivity index (χ1n) is 6.74. The fourth-order valence-corrected chi connectivity index (χ4v) is 3.23. The number of ether oxygens (including phenoxy) is 2. The average Bonchev–Trinajstić information content (AvgIpc) is 2.82. The zero-order chi connectivity index (χ0) is 16.3. The highest BCUT2D eigenvalue weighted by Crippen LogP contribution is 2.29. The molecule has 0 spiro atoms. The summed E-state index contributed by atoms with van der Waals surface area (Å²) in [5, 5.41) is 0. The van der Waals surface area contributed by atoms with Crippen LogP contribution in [-0.4, -0.2) is 27.6 Å². The van der Waals surface area contributed by atoms with Gasteiger partial charge in [-0.1, -0.05) is 0 Å². The maximum Gasteiger partial charge on any atom is 0.241 e. The number of H-pyrrole nitrogens is 1. The summed E-state index contributed by atoms with van der Waals surface area (Å²) in [6, 6.07) is 6.42. The van der Waals surface area contributed by atoms with E-state index in [1.807, 2.05) is 19.9 Å². The minimum Gasteiger partial charge on any atom is -0.493 e. The molecule has 0 aliphatic heterocycles. The predicted octanol–water partition coefficient (Wildman–Crippen LogP) is 2.13. The monoisotopic (exact) mass is 324 g/mol. The molecule has 0 atom stereocenters. The molecular weight excluding hydrogens is 304 g/mol. The van der Waals surface area contributed by atoms with Gasteiger partial charge in [-0.3, -0.25) is 0 Å². The average molecular weight is 324 g/mol. The van der Waals surface area contributed by atoms with E-state index >= 15 is 0 Å². The van der Waals surface area contributed by atoms with Gasteiger partial charge in [0.25, 0.3) is 0 Å². The smallest absolute Gasteiger partial charge is 0.241 e. The Morgan fingerprint density at radius 2 is 1.77 bits per heavy atom. The maximum absolute atomic E-state index is 12.4. The lowest BCUT2D eigenvalue weighted by atomic mass is 10.2. The number of nitrogens with one attached hydrogen (secondary N) is 2. The van der Waals surface area contributed by atoms with Crippen LogP contribution in [0.1, 0.15) is 17.0 Å². The number of rotatable bonds is 6. The van der Waals surface area contributed by atoms with Crippen LogP contribution >= 0.6 is 0 Å². The molecular formula is C15H20N2O4S. The van der Waals surface area contributed by atoms with Crippen LogP contribution in [0.15, 0.2) is 29.2 Å². The van der Waals surface area contributed by atoms with Crippen LogP contribution in [0.2, 0.25) is 0 Å². The van der Waals surface area contributed by atoms with Crippen molar-refractivity contribution in [2.24, 2.45) is 0 Å². The Morgan fingerprint density at radius 3 is 2.32 bits per heavy atom. The summed E-state index contributed by atoms with van der Waals surface area (Å²) in [5.41, 5.74) is 2.87. The lowest BCUT2D eigenvalue weighted by molar-refractivity contribution is 0.354. The molecule has 0 amide bonds. The molecule has 7 heteroatoms. The topological polar surface area (TPSA) is 80.4 Å². The van der Waals surface area contributed by atoms with Crippen LogP contribution in [0.4, 0.5) is 0 Å². The quantitative estimate of drug-likeness (QED) is 0.853. The number of aromatic amines is 1. The third kappa shape index (κ3) is 3.42. The second kappa shape index (κ2) is 6.41. The van der Waals surface area contributed by atoms with E-state index in [-0.39, 0.29) is 11.4 Å². The molecule has 1 aromatic heterocycles. The Kier molecular flexibility index (Phi) is 4.77. The van der Waals surface area contributed by atoms with E-state index in [2.05, 4.69) is 9.71 Å². The lowest BCUT2D eigenvalue weighted by Crippen LogP contribution is -2.23. The Hall–Kier alpha value is -1.99. The van der Waals surface area contributed by atoms with Crippen LogP contribution in [0.5, 0.6) is 11.5 Å². The predicted molar refractivity (Wildman–Crippen MR) is 83.8 cm³/mol. The highest BCUT2D eigenvalue weighted by Gasteiger charge is 2.17. The highest BCUT2D eigenvalue weighted by molar-refractivity contribution is 7.89. The Bertz CT molecular complexity index is 766. The van der Waals surface area contributed by atoms with Crippen molar-refractivity contribution in [1.82, 2.24) is 9.71 Å².